The largest absolute Gasteiger partial charge is 0.490 e. The minimum absolute atomic E-state index is 0.0702. The Labute approximate surface area is 200 Å². The summed E-state index contributed by atoms with van der Waals surface area (Å²) in [5.74, 6) is 2.14. The third-order valence-electron chi connectivity index (χ3n) is 5.21. The molecule has 1 saturated heterocycles. The second kappa shape index (κ2) is 10.9. The number of ether oxygens (including phenoxy) is 2. The van der Waals surface area contributed by atoms with Crippen molar-refractivity contribution in [1.82, 2.24) is 15.0 Å². The molecule has 9 heteroatoms. The molecule has 3 aromatic rings. The zero-order valence-electron chi connectivity index (χ0n) is 20.1. The maximum absolute atomic E-state index is 5.86. The van der Waals surface area contributed by atoms with Crippen molar-refractivity contribution in [3.63, 3.8) is 0 Å². The molecular formula is C25H31N7O2. The Kier molecular flexibility index (Phi) is 7.54. The minimum atomic E-state index is 0.0702. The van der Waals surface area contributed by atoms with Crippen LogP contribution in [-0.2, 0) is 4.74 Å². The summed E-state index contributed by atoms with van der Waals surface area (Å²) in [6, 6.07) is 14.0. The summed E-state index contributed by atoms with van der Waals surface area (Å²) in [5.41, 5.74) is 7.03. The number of hydrogen-bond donors (Lipinski definition) is 2. The van der Waals surface area contributed by atoms with Crippen LogP contribution in [0.5, 0.6) is 5.75 Å². The highest BCUT2D eigenvalue weighted by molar-refractivity contribution is 5.83. The lowest BCUT2D eigenvalue weighted by Crippen LogP contribution is -2.37. The van der Waals surface area contributed by atoms with Gasteiger partial charge in [0.1, 0.15) is 5.75 Å². The van der Waals surface area contributed by atoms with E-state index in [4.69, 9.17) is 9.47 Å². The summed E-state index contributed by atoms with van der Waals surface area (Å²) in [4.78, 5) is 15.9. The number of aryl methyl sites for hydroxylation is 2. The van der Waals surface area contributed by atoms with Gasteiger partial charge < -0.3 is 19.7 Å². The van der Waals surface area contributed by atoms with Gasteiger partial charge in [0.15, 0.2) is 0 Å². The molecule has 0 radical (unpaired) electrons. The summed E-state index contributed by atoms with van der Waals surface area (Å²) < 4.78 is 11.3. The Bertz CT molecular complexity index is 1140. The first-order valence-electron chi connectivity index (χ1n) is 11.5. The molecule has 1 aromatic heterocycles. The van der Waals surface area contributed by atoms with Gasteiger partial charge in [-0.05, 0) is 57.0 Å². The number of rotatable bonds is 8. The van der Waals surface area contributed by atoms with Gasteiger partial charge in [-0.2, -0.15) is 20.1 Å². The molecule has 9 nitrogen and oxygen atoms in total. The number of benzene rings is 2. The zero-order valence-corrected chi connectivity index (χ0v) is 20.1. The Morgan fingerprint density at radius 1 is 1.03 bits per heavy atom. The second-order valence-electron chi connectivity index (χ2n) is 8.40. The van der Waals surface area contributed by atoms with Crippen LogP contribution in [0.4, 0.5) is 23.5 Å². The van der Waals surface area contributed by atoms with E-state index in [1.165, 1.54) is 0 Å². The maximum atomic E-state index is 5.86. The van der Waals surface area contributed by atoms with E-state index < -0.39 is 0 Å². The second-order valence-corrected chi connectivity index (χ2v) is 8.40. The van der Waals surface area contributed by atoms with Crippen molar-refractivity contribution >= 4 is 29.7 Å². The normalized spacial score (nSPS) is 14.0. The first-order valence-corrected chi connectivity index (χ1v) is 11.5. The van der Waals surface area contributed by atoms with Crippen LogP contribution in [0.1, 0.15) is 30.5 Å². The summed E-state index contributed by atoms with van der Waals surface area (Å²) in [7, 11) is 0. The van der Waals surface area contributed by atoms with Crippen molar-refractivity contribution in [3.8, 4) is 5.75 Å². The first-order chi connectivity index (χ1) is 16.5. The molecule has 1 fully saturated rings. The number of nitrogens with one attached hydrogen (secondary N) is 2. The van der Waals surface area contributed by atoms with E-state index >= 15 is 0 Å². The van der Waals surface area contributed by atoms with Crippen molar-refractivity contribution in [2.24, 2.45) is 5.10 Å². The Balaban J connectivity index is 1.59. The third-order valence-corrected chi connectivity index (χ3v) is 5.21. The van der Waals surface area contributed by atoms with Gasteiger partial charge in [-0.25, -0.2) is 5.43 Å². The predicted molar refractivity (Wildman–Crippen MR) is 135 cm³/mol. The molecule has 0 amide bonds. The van der Waals surface area contributed by atoms with Crippen LogP contribution in [0.3, 0.4) is 0 Å². The number of aromatic nitrogens is 3. The van der Waals surface area contributed by atoms with Crippen molar-refractivity contribution < 1.29 is 9.47 Å². The van der Waals surface area contributed by atoms with Crippen molar-refractivity contribution in [3.05, 3.63) is 59.2 Å². The van der Waals surface area contributed by atoms with Gasteiger partial charge in [-0.3, -0.25) is 0 Å². The van der Waals surface area contributed by atoms with Gasteiger partial charge in [0, 0.05) is 24.3 Å². The fourth-order valence-electron chi connectivity index (χ4n) is 3.47. The van der Waals surface area contributed by atoms with E-state index in [0.29, 0.717) is 31.1 Å². The number of nitrogens with zero attached hydrogens (tertiary/aromatic N) is 5. The first kappa shape index (κ1) is 23.4. The van der Waals surface area contributed by atoms with Gasteiger partial charge in [-0.15, -0.1) is 0 Å². The lowest BCUT2D eigenvalue weighted by Gasteiger charge is -2.27. The average Bonchev–Trinajstić information content (AvgIpc) is 2.83. The van der Waals surface area contributed by atoms with Crippen LogP contribution in [0.15, 0.2) is 47.6 Å². The van der Waals surface area contributed by atoms with E-state index in [-0.39, 0.29) is 6.10 Å². The molecule has 0 bridgehead atoms. The third kappa shape index (κ3) is 6.20. The number of hydrogen-bond acceptors (Lipinski definition) is 9. The van der Waals surface area contributed by atoms with Crippen LogP contribution >= 0.6 is 0 Å². The maximum Gasteiger partial charge on any atom is 0.250 e. The number of anilines is 4. The lowest BCUT2D eigenvalue weighted by atomic mass is 10.1. The molecular weight excluding hydrogens is 430 g/mol. The predicted octanol–water partition coefficient (Wildman–Crippen LogP) is 4.30. The van der Waals surface area contributed by atoms with Gasteiger partial charge in [-0.1, -0.05) is 24.3 Å². The molecule has 1 aliphatic heterocycles. The molecule has 1 aliphatic rings. The van der Waals surface area contributed by atoms with Crippen molar-refractivity contribution in [1.29, 1.82) is 0 Å². The van der Waals surface area contributed by atoms with E-state index in [1.807, 2.05) is 45.0 Å². The lowest BCUT2D eigenvalue weighted by molar-refractivity contribution is 0.122. The molecule has 0 aliphatic carbocycles. The molecule has 0 saturated carbocycles. The SMILES string of the molecule is Cc1ccc(C)c(Nc2nc(N/N=C/c3ccccc3OC(C)C)nc(N3CCOCC3)n2)c1. The number of hydrazone groups is 1. The molecule has 0 atom stereocenters. The van der Waals surface area contributed by atoms with Gasteiger partial charge >= 0.3 is 0 Å². The van der Waals surface area contributed by atoms with Crippen LogP contribution in [-0.4, -0.2) is 53.6 Å². The van der Waals surface area contributed by atoms with Crippen LogP contribution in [0, 0.1) is 13.8 Å². The number of para-hydroxylation sites is 1. The minimum Gasteiger partial charge on any atom is -0.490 e. The molecule has 2 aromatic carbocycles. The van der Waals surface area contributed by atoms with Gasteiger partial charge in [0.05, 0.1) is 25.5 Å². The molecule has 0 spiro atoms. The highest BCUT2D eigenvalue weighted by Gasteiger charge is 2.17. The average molecular weight is 462 g/mol. The van der Waals surface area contributed by atoms with Crippen molar-refractivity contribution in [2.45, 2.75) is 33.8 Å². The molecule has 4 rings (SSSR count). The van der Waals surface area contributed by atoms with E-state index in [1.54, 1.807) is 6.21 Å². The molecule has 2 heterocycles. The van der Waals surface area contributed by atoms with Gasteiger partial charge in [0.25, 0.3) is 0 Å². The Hall–Kier alpha value is -3.72. The quantitative estimate of drug-likeness (QED) is 0.379. The highest BCUT2D eigenvalue weighted by atomic mass is 16.5. The topological polar surface area (TPSA) is 96.8 Å². The van der Waals surface area contributed by atoms with E-state index in [2.05, 4.69) is 60.8 Å². The van der Waals surface area contributed by atoms with E-state index in [9.17, 15) is 0 Å². The van der Waals surface area contributed by atoms with Gasteiger partial charge in [0.2, 0.25) is 17.8 Å². The summed E-state index contributed by atoms with van der Waals surface area (Å²) in [6.07, 6.45) is 1.77. The summed E-state index contributed by atoms with van der Waals surface area (Å²) in [5, 5.41) is 7.71. The smallest absolute Gasteiger partial charge is 0.250 e. The van der Waals surface area contributed by atoms with Crippen LogP contribution in [0.2, 0.25) is 0 Å². The van der Waals surface area contributed by atoms with Crippen molar-refractivity contribution in [2.75, 3.05) is 41.9 Å². The Morgan fingerprint density at radius 2 is 1.79 bits per heavy atom. The van der Waals surface area contributed by atoms with Crippen LogP contribution in [0.25, 0.3) is 0 Å². The van der Waals surface area contributed by atoms with E-state index in [0.717, 1.165) is 41.2 Å². The standard InChI is InChI=1S/C25H31N7O2/c1-17(2)34-22-8-6-5-7-20(22)16-26-31-24-28-23(27-21-15-18(3)9-10-19(21)4)29-25(30-24)32-11-13-33-14-12-32/h5-10,15-17H,11-14H2,1-4H3,(H2,27,28,29,30,31)/b26-16+. The molecule has 0 unspecified atom stereocenters. The fraction of sp³-hybridized carbons (Fsp3) is 0.360. The highest BCUT2D eigenvalue weighted by Crippen LogP contribution is 2.23. The molecule has 34 heavy (non-hydrogen) atoms. The summed E-state index contributed by atoms with van der Waals surface area (Å²) >= 11 is 0. The van der Waals surface area contributed by atoms with Crippen LogP contribution < -0.4 is 20.4 Å². The zero-order chi connectivity index (χ0) is 23.9. The monoisotopic (exact) mass is 461 g/mol. The summed E-state index contributed by atoms with van der Waals surface area (Å²) in [6.45, 7) is 10.8. The Morgan fingerprint density at radius 3 is 2.59 bits per heavy atom. The number of morpholine rings is 1. The molecule has 178 valence electrons. The fourth-order valence-corrected chi connectivity index (χ4v) is 3.47. The molecule has 2 N–H and O–H groups in total.